The van der Waals surface area contributed by atoms with E-state index in [1.54, 1.807) is 4.90 Å². The molecule has 0 radical (unpaired) electrons. The van der Waals surface area contributed by atoms with E-state index in [0.29, 0.717) is 25.9 Å². The van der Waals surface area contributed by atoms with Crippen molar-refractivity contribution < 1.29 is 14.7 Å². The molecule has 0 aromatic rings. The Labute approximate surface area is 127 Å². The molecule has 0 aliphatic carbocycles. The van der Waals surface area contributed by atoms with Gasteiger partial charge in [0.15, 0.2) is 0 Å². The number of urea groups is 1. The minimum atomic E-state index is -0.746. The van der Waals surface area contributed by atoms with Gasteiger partial charge >= 0.3 is 12.0 Å². The number of aliphatic carboxylic acids is 1. The summed E-state index contributed by atoms with van der Waals surface area (Å²) >= 11 is 0. The van der Waals surface area contributed by atoms with Gasteiger partial charge in [-0.3, -0.25) is 4.79 Å². The van der Waals surface area contributed by atoms with Gasteiger partial charge in [-0.05, 0) is 31.6 Å². The van der Waals surface area contributed by atoms with Gasteiger partial charge in [-0.2, -0.15) is 0 Å². The van der Waals surface area contributed by atoms with E-state index < -0.39 is 11.4 Å². The monoisotopic (exact) mass is 296 g/mol. The highest BCUT2D eigenvalue weighted by Crippen LogP contribution is 2.36. The Morgan fingerprint density at radius 3 is 2.33 bits per heavy atom. The summed E-state index contributed by atoms with van der Waals surface area (Å²) < 4.78 is 0. The molecular weight excluding hydrogens is 268 g/mol. The van der Waals surface area contributed by atoms with Crippen molar-refractivity contribution in [1.82, 2.24) is 9.80 Å². The number of carbonyl (C=O) groups is 2. The van der Waals surface area contributed by atoms with Crippen molar-refractivity contribution in [3.63, 3.8) is 0 Å². The van der Waals surface area contributed by atoms with Crippen LogP contribution in [0.2, 0.25) is 0 Å². The maximum absolute atomic E-state index is 12.6. The van der Waals surface area contributed by atoms with Crippen LogP contribution in [0.4, 0.5) is 4.79 Å². The first-order chi connectivity index (χ1) is 10.0. The molecule has 120 valence electrons. The first-order valence-electron chi connectivity index (χ1n) is 8.29. The Bertz CT molecular complexity index is 391. The second kappa shape index (κ2) is 6.67. The van der Waals surface area contributed by atoms with Crippen LogP contribution in [0.5, 0.6) is 0 Å². The van der Waals surface area contributed by atoms with Crippen LogP contribution in [-0.2, 0) is 4.79 Å². The van der Waals surface area contributed by atoms with Gasteiger partial charge in [0, 0.05) is 26.2 Å². The molecule has 2 saturated heterocycles. The zero-order chi connectivity index (χ0) is 15.5. The van der Waals surface area contributed by atoms with E-state index >= 15 is 0 Å². The molecule has 0 saturated carbocycles. The lowest BCUT2D eigenvalue weighted by Gasteiger charge is -2.34. The largest absolute Gasteiger partial charge is 0.481 e. The van der Waals surface area contributed by atoms with Crippen LogP contribution < -0.4 is 0 Å². The highest BCUT2D eigenvalue weighted by Gasteiger charge is 2.46. The molecule has 2 aliphatic heterocycles. The predicted molar refractivity (Wildman–Crippen MR) is 81.2 cm³/mol. The number of carboxylic acids is 1. The molecule has 2 fully saturated rings. The van der Waals surface area contributed by atoms with E-state index in [-0.39, 0.29) is 6.03 Å². The third-order valence-electron chi connectivity index (χ3n) is 5.27. The molecule has 1 unspecified atom stereocenters. The van der Waals surface area contributed by atoms with E-state index in [0.717, 1.165) is 38.3 Å². The zero-order valence-corrected chi connectivity index (χ0v) is 13.3. The van der Waals surface area contributed by atoms with Gasteiger partial charge in [-0.15, -0.1) is 0 Å². The first kappa shape index (κ1) is 16.1. The minimum Gasteiger partial charge on any atom is -0.481 e. The Kier molecular flexibility index (Phi) is 5.12. The van der Waals surface area contributed by atoms with Gasteiger partial charge in [-0.25, -0.2) is 4.79 Å². The van der Waals surface area contributed by atoms with Gasteiger partial charge < -0.3 is 14.9 Å². The molecule has 5 heteroatoms. The second-order valence-corrected chi connectivity index (χ2v) is 6.63. The maximum atomic E-state index is 12.6. The Morgan fingerprint density at radius 2 is 1.81 bits per heavy atom. The van der Waals surface area contributed by atoms with Crippen molar-refractivity contribution in [1.29, 1.82) is 0 Å². The number of carbonyl (C=O) groups excluding carboxylic acids is 1. The van der Waals surface area contributed by atoms with E-state index in [2.05, 4.69) is 6.92 Å². The topological polar surface area (TPSA) is 60.9 Å². The maximum Gasteiger partial charge on any atom is 0.320 e. The molecule has 2 rings (SSSR count). The zero-order valence-electron chi connectivity index (χ0n) is 13.3. The third-order valence-corrected chi connectivity index (χ3v) is 5.27. The normalized spacial score (nSPS) is 27.1. The molecule has 0 spiro atoms. The van der Waals surface area contributed by atoms with Crippen molar-refractivity contribution >= 4 is 12.0 Å². The third kappa shape index (κ3) is 3.33. The summed E-state index contributed by atoms with van der Waals surface area (Å²) in [7, 11) is 0. The van der Waals surface area contributed by atoms with Gasteiger partial charge in [0.1, 0.15) is 0 Å². The lowest BCUT2D eigenvalue weighted by Crippen LogP contribution is -2.47. The Morgan fingerprint density at radius 1 is 1.14 bits per heavy atom. The number of nitrogens with zero attached hydrogens (tertiary/aromatic N) is 2. The quantitative estimate of drug-likeness (QED) is 0.867. The molecule has 21 heavy (non-hydrogen) atoms. The van der Waals surface area contributed by atoms with Gasteiger partial charge in [-0.1, -0.05) is 26.7 Å². The molecule has 2 aliphatic rings. The van der Waals surface area contributed by atoms with Crippen LogP contribution in [-0.4, -0.2) is 53.1 Å². The van der Waals surface area contributed by atoms with Crippen LogP contribution in [0.1, 0.15) is 52.4 Å². The highest BCUT2D eigenvalue weighted by molar-refractivity contribution is 5.79. The van der Waals surface area contributed by atoms with Crippen molar-refractivity contribution in [2.24, 2.45) is 11.3 Å². The summed E-state index contributed by atoms with van der Waals surface area (Å²) in [5.41, 5.74) is -0.716. The highest BCUT2D eigenvalue weighted by atomic mass is 16.4. The SMILES string of the molecule is CCCC1(C(=O)O)CCN(C(=O)N2CCC(CC)CC2)C1. The summed E-state index contributed by atoms with van der Waals surface area (Å²) in [6.45, 7) is 6.81. The molecular formula is C16H28N2O3. The summed E-state index contributed by atoms with van der Waals surface area (Å²) in [4.78, 5) is 27.8. The van der Waals surface area contributed by atoms with E-state index in [4.69, 9.17) is 0 Å². The Balaban J connectivity index is 1.94. The fraction of sp³-hybridized carbons (Fsp3) is 0.875. The predicted octanol–water partition coefficient (Wildman–Crippen LogP) is 2.81. The number of hydrogen-bond acceptors (Lipinski definition) is 2. The second-order valence-electron chi connectivity index (χ2n) is 6.63. The standard InChI is InChI=1S/C16H28N2O3/c1-3-7-16(14(19)20)8-11-18(12-16)15(21)17-9-5-13(4-2)6-10-17/h13H,3-12H2,1-2H3,(H,19,20). The van der Waals surface area contributed by atoms with E-state index in [1.165, 1.54) is 6.42 Å². The average Bonchev–Trinajstić information content (AvgIpc) is 2.93. The van der Waals surface area contributed by atoms with Crippen molar-refractivity contribution in [3.8, 4) is 0 Å². The fourth-order valence-corrected chi connectivity index (χ4v) is 3.73. The summed E-state index contributed by atoms with van der Waals surface area (Å²) in [6.07, 6.45) is 5.43. The van der Waals surface area contributed by atoms with Crippen molar-refractivity contribution in [2.75, 3.05) is 26.2 Å². The lowest BCUT2D eigenvalue weighted by molar-refractivity contribution is -0.148. The van der Waals surface area contributed by atoms with Crippen LogP contribution >= 0.6 is 0 Å². The number of amides is 2. The average molecular weight is 296 g/mol. The molecule has 0 aromatic heterocycles. The number of piperidine rings is 1. The van der Waals surface area contributed by atoms with Gasteiger partial charge in [0.25, 0.3) is 0 Å². The summed E-state index contributed by atoms with van der Waals surface area (Å²) in [6, 6.07) is 0.0452. The lowest BCUT2D eigenvalue weighted by atomic mass is 9.83. The summed E-state index contributed by atoms with van der Waals surface area (Å²) in [5.74, 6) is -0.00447. The van der Waals surface area contributed by atoms with Crippen LogP contribution in [0, 0.1) is 11.3 Å². The molecule has 2 heterocycles. The first-order valence-corrected chi connectivity index (χ1v) is 8.29. The Hall–Kier alpha value is -1.26. The molecule has 2 amide bonds. The molecule has 5 nitrogen and oxygen atoms in total. The van der Waals surface area contributed by atoms with Crippen LogP contribution in [0.25, 0.3) is 0 Å². The van der Waals surface area contributed by atoms with Crippen LogP contribution in [0.3, 0.4) is 0 Å². The number of carboxylic acid groups (broad SMARTS) is 1. The van der Waals surface area contributed by atoms with Crippen molar-refractivity contribution in [2.45, 2.75) is 52.4 Å². The number of rotatable bonds is 4. The molecule has 1 atom stereocenters. The van der Waals surface area contributed by atoms with E-state index in [9.17, 15) is 14.7 Å². The molecule has 0 bridgehead atoms. The molecule has 0 aromatic carbocycles. The van der Waals surface area contributed by atoms with E-state index in [1.807, 2.05) is 11.8 Å². The number of hydrogen-bond donors (Lipinski definition) is 1. The summed E-state index contributed by atoms with van der Waals surface area (Å²) in [5, 5.41) is 9.52. The number of likely N-dealkylation sites (tertiary alicyclic amines) is 2. The smallest absolute Gasteiger partial charge is 0.320 e. The van der Waals surface area contributed by atoms with Crippen LogP contribution in [0.15, 0.2) is 0 Å². The fourth-order valence-electron chi connectivity index (χ4n) is 3.73. The molecule has 1 N–H and O–H groups in total. The van der Waals surface area contributed by atoms with Crippen molar-refractivity contribution in [3.05, 3.63) is 0 Å². The van der Waals surface area contributed by atoms with Gasteiger partial charge in [0.2, 0.25) is 0 Å². The minimum absolute atomic E-state index is 0.0452. The van der Waals surface area contributed by atoms with Gasteiger partial charge in [0.05, 0.1) is 5.41 Å².